The molecule has 1 aromatic carbocycles. The van der Waals surface area contributed by atoms with E-state index in [1.165, 1.54) is 11.3 Å². The fourth-order valence-corrected chi connectivity index (χ4v) is 3.54. The van der Waals surface area contributed by atoms with Gasteiger partial charge in [-0.05, 0) is 52.0 Å². The molecule has 19 heavy (non-hydrogen) atoms. The van der Waals surface area contributed by atoms with E-state index in [-0.39, 0.29) is 5.78 Å². The molecule has 94 valence electrons. The van der Waals surface area contributed by atoms with Gasteiger partial charge < -0.3 is 0 Å². The molecule has 0 radical (unpaired) electrons. The lowest BCUT2D eigenvalue weighted by Crippen LogP contribution is -2.03. The summed E-state index contributed by atoms with van der Waals surface area (Å²) in [7, 11) is 0. The van der Waals surface area contributed by atoms with Crippen LogP contribution >= 0.6 is 27.3 Å². The van der Waals surface area contributed by atoms with Crippen LogP contribution in [0.3, 0.4) is 0 Å². The number of carbonyl (C=O) groups excluding carboxylic acids is 1. The fourth-order valence-electron chi connectivity index (χ4n) is 2.04. The van der Waals surface area contributed by atoms with Crippen molar-refractivity contribution in [2.24, 2.45) is 0 Å². The van der Waals surface area contributed by atoms with Crippen LogP contribution in [0.2, 0.25) is 0 Å². The Balaban J connectivity index is 2.16. The Kier molecular flexibility index (Phi) is 3.21. The number of hydrogen-bond acceptors (Lipinski definition) is 3. The lowest BCUT2D eigenvalue weighted by atomic mass is 10.1. The lowest BCUT2D eigenvalue weighted by molar-refractivity contribution is 0.103. The number of rotatable bonds is 2. The summed E-state index contributed by atoms with van der Waals surface area (Å²) in [6.07, 6.45) is 0. The maximum atomic E-state index is 12.4. The van der Waals surface area contributed by atoms with Crippen LogP contribution in [0, 0.1) is 6.92 Å². The molecule has 0 saturated carbocycles. The van der Waals surface area contributed by atoms with Gasteiger partial charge in [0.05, 0.1) is 10.4 Å². The number of aryl methyl sites for hydroxylation is 1. The number of thiophene rings is 1. The molecule has 0 atom stereocenters. The highest BCUT2D eigenvalue weighted by Crippen LogP contribution is 2.26. The van der Waals surface area contributed by atoms with Crippen LogP contribution in [0.5, 0.6) is 0 Å². The number of pyridine rings is 1. The molecule has 4 heteroatoms. The van der Waals surface area contributed by atoms with Gasteiger partial charge in [0, 0.05) is 9.86 Å². The summed E-state index contributed by atoms with van der Waals surface area (Å²) in [6, 6.07) is 11.6. The summed E-state index contributed by atoms with van der Waals surface area (Å²) in [5.41, 5.74) is 2.43. The monoisotopic (exact) mass is 331 g/mol. The number of hydrogen-bond donors (Lipinski definition) is 0. The van der Waals surface area contributed by atoms with Crippen molar-refractivity contribution in [1.29, 1.82) is 0 Å². The molecule has 2 heterocycles. The maximum absolute atomic E-state index is 12.4. The van der Waals surface area contributed by atoms with Crippen LogP contribution in [0.15, 0.2) is 46.3 Å². The van der Waals surface area contributed by atoms with E-state index >= 15 is 0 Å². The van der Waals surface area contributed by atoms with Crippen LogP contribution in [0.25, 0.3) is 10.9 Å². The normalized spacial score (nSPS) is 10.8. The van der Waals surface area contributed by atoms with Gasteiger partial charge in [0.1, 0.15) is 5.69 Å². The van der Waals surface area contributed by atoms with E-state index in [1.807, 2.05) is 48.7 Å². The molecule has 0 N–H and O–H groups in total. The molecular weight excluding hydrogens is 322 g/mol. The SMILES string of the molecule is Cc1cc(C(=O)c2sccc2Br)nc2ccccc12. The summed E-state index contributed by atoms with van der Waals surface area (Å²) in [5, 5.41) is 2.98. The zero-order valence-corrected chi connectivity index (χ0v) is 12.6. The number of benzene rings is 1. The molecule has 0 fully saturated rings. The van der Waals surface area contributed by atoms with E-state index in [0.717, 1.165) is 20.9 Å². The average Bonchev–Trinajstić information content (AvgIpc) is 2.84. The molecule has 0 saturated heterocycles. The molecule has 0 aliphatic rings. The summed E-state index contributed by atoms with van der Waals surface area (Å²) < 4.78 is 0.829. The highest BCUT2D eigenvalue weighted by atomic mass is 79.9. The van der Waals surface area contributed by atoms with Crippen molar-refractivity contribution in [3.8, 4) is 0 Å². The Labute approximate surface area is 123 Å². The Morgan fingerprint density at radius 3 is 2.79 bits per heavy atom. The smallest absolute Gasteiger partial charge is 0.222 e. The minimum absolute atomic E-state index is 0.0317. The fraction of sp³-hybridized carbons (Fsp3) is 0.0667. The highest BCUT2D eigenvalue weighted by Gasteiger charge is 2.16. The zero-order valence-electron chi connectivity index (χ0n) is 10.2. The van der Waals surface area contributed by atoms with E-state index in [0.29, 0.717) is 10.6 Å². The molecule has 0 bridgehead atoms. The van der Waals surface area contributed by atoms with Crippen LogP contribution < -0.4 is 0 Å². The second-order valence-corrected chi connectivity index (χ2v) is 6.04. The number of aromatic nitrogens is 1. The van der Waals surface area contributed by atoms with Gasteiger partial charge in [0.15, 0.2) is 0 Å². The van der Waals surface area contributed by atoms with Crippen molar-refractivity contribution in [2.45, 2.75) is 6.92 Å². The van der Waals surface area contributed by atoms with Crippen molar-refractivity contribution in [3.63, 3.8) is 0 Å². The quantitative estimate of drug-likeness (QED) is 0.642. The van der Waals surface area contributed by atoms with Gasteiger partial charge in [-0.3, -0.25) is 4.79 Å². The number of halogens is 1. The number of para-hydroxylation sites is 1. The third-order valence-electron chi connectivity index (χ3n) is 2.98. The van der Waals surface area contributed by atoms with Gasteiger partial charge in [-0.1, -0.05) is 18.2 Å². The lowest BCUT2D eigenvalue weighted by Gasteiger charge is -2.05. The van der Waals surface area contributed by atoms with Crippen molar-refractivity contribution in [2.75, 3.05) is 0 Å². The van der Waals surface area contributed by atoms with Gasteiger partial charge in [-0.25, -0.2) is 4.98 Å². The van der Waals surface area contributed by atoms with Gasteiger partial charge in [0.25, 0.3) is 0 Å². The molecule has 2 nitrogen and oxygen atoms in total. The van der Waals surface area contributed by atoms with Crippen LogP contribution in [-0.2, 0) is 0 Å². The van der Waals surface area contributed by atoms with Crippen LogP contribution in [-0.4, -0.2) is 10.8 Å². The Bertz CT molecular complexity index is 779. The number of ketones is 1. The van der Waals surface area contributed by atoms with Gasteiger partial charge in [0.2, 0.25) is 5.78 Å². The molecule has 2 aromatic heterocycles. The predicted octanol–water partition coefficient (Wildman–Crippen LogP) is 4.60. The van der Waals surface area contributed by atoms with Gasteiger partial charge >= 0.3 is 0 Å². The third kappa shape index (κ3) is 2.22. The molecule has 3 aromatic rings. The topological polar surface area (TPSA) is 30.0 Å². The van der Waals surface area contributed by atoms with E-state index in [9.17, 15) is 4.79 Å². The standard InChI is InChI=1S/C15H10BrNOS/c1-9-8-13(14(18)15-11(16)6-7-19-15)17-12-5-3-2-4-10(9)12/h2-8H,1H3. The minimum Gasteiger partial charge on any atom is -0.286 e. The van der Waals surface area contributed by atoms with Crippen LogP contribution in [0.4, 0.5) is 0 Å². The van der Waals surface area contributed by atoms with Crippen LogP contribution in [0.1, 0.15) is 20.9 Å². The number of carbonyl (C=O) groups is 1. The van der Waals surface area contributed by atoms with Gasteiger partial charge in [-0.15, -0.1) is 11.3 Å². The summed E-state index contributed by atoms with van der Waals surface area (Å²) >= 11 is 4.82. The van der Waals surface area contributed by atoms with E-state index in [4.69, 9.17) is 0 Å². The number of nitrogens with zero attached hydrogens (tertiary/aromatic N) is 1. The van der Waals surface area contributed by atoms with Crippen molar-refractivity contribution in [3.05, 3.63) is 62.4 Å². The molecular formula is C15H10BrNOS. The molecule has 0 unspecified atom stereocenters. The van der Waals surface area contributed by atoms with Crippen molar-refractivity contribution >= 4 is 44.0 Å². The molecule has 0 spiro atoms. The summed E-state index contributed by atoms with van der Waals surface area (Å²) in [5.74, 6) is -0.0317. The minimum atomic E-state index is -0.0317. The average molecular weight is 332 g/mol. The maximum Gasteiger partial charge on any atom is 0.222 e. The van der Waals surface area contributed by atoms with E-state index in [1.54, 1.807) is 0 Å². The third-order valence-corrected chi connectivity index (χ3v) is 4.82. The molecule has 3 rings (SSSR count). The first-order valence-electron chi connectivity index (χ1n) is 5.81. The Morgan fingerprint density at radius 2 is 2.05 bits per heavy atom. The number of fused-ring (bicyclic) bond motifs is 1. The zero-order chi connectivity index (χ0) is 13.4. The molecule has 0 aliphatic heterocycles. The molecule has 0 aliphatic carbocycles. The van der Waals surface area contributed by atoms with Crippen molar-refractivity contribution < 1.29 is 4.79 Å². The molecule has 0 amide bonds. The second kappa shape index (κ2) is 4.87. The Morgan fingerprint density at radius 1 is 1.26 bits per heavy atom. The van der Waals surface area contributed by atoms with Crippen molar-refractivity contribution in [1.82, 2.24) is 4.98 Å². The highest BCUT2D eigenvalue weighted by molar-refractivity contribution is 9.10. The Hall–Kier alpha value is -1.52. The predicted molar refractivity (Wildman–Crippen MR) is 81.9 cm³/mol. The summed E-state index contributed by atoms with van der Waals surface area (Å²) in [6.45, 7) is 2.00. The second-order valence-electron chi connectivity index (χ2n) is 4.27. The summed E-state index contributed by atoms with van der Waals surface area (Å²) in [4.78, 5) is 17.6. The van der Waals surface area contributed by atoms with Gasteiger partial charge in [-0.2, -0.15) is 0 Å². The van der Waals surface area contributed by atoms with E-state index < -0.39 is 0 Å². The first-order valence-corrected chi connectivity index (χ1v) is 7.48. The first-order chi connectivity index (χ1) is 9.16. The first kappa shape index (κ1) is 12.5. The largest absolute Gasteiger partial charge is 0.286 e. The van der Waals surface area contributed by atoms with E-state index in [2.05, 4.69) is 20.9 Å².